The topological polar surface area (TPSA) is 119 Å². The van der Waals surface area contributed by atoms with Crippen molar-refractivity contribution in [2.45, 2.75) is 62.9 Å². The van der Waals surface area contributed by atoms with Crippen LogP contribution in [0.1, 0.15) is 51.4 Å². The van der Waals surface area contributed by atoms with Crippen LogP contribution in [0.5, 0.6) is 5.75 Å². The average molecular weight is 480 g/mol. The summed E-state index contributed by atoms with van der Waals surface area (Å²) in [4.78, 5) is 25.9. The molecule has 2 unspecified atom stereocenters. The smallest absolute Gasteiger partial charge is 0.247 e. The van der Waals surface area contributed by atoms with Crippen LogP contribution in [0.25, 0.3) is 0 Å². The lowest BCUT2D eigenvalue weighted by molar-refractivity contribution is -0.148. The molecule has 0 aliphatic heterocycles. The second kappa shape index (κ2) is 7.85. The quantitative estimate of drug-likeness (QED) is 0.516. The molecule has 0 saturated heterocycles. The zero-order chi connectivity index (χ0) is 23.5. The Labute approximate surface area is 194 Å². The zero-order valence-corrected chi connectivity index (χ0v) is 19.5. The highest BCUT2D eigenvalue weighted by atomic mass is 32.2. The summed E-state index contributed by atoms with van der Waals surface area (Å²) in [5, 5.41) is 3.18. The molecular formula is C23H30FN3O5S. The molecule has 5 aliphatic carbocycles. The SMILES string of the molecule is COc1ccc(N([SH](=O)=O)C2(C(=O)NC3C4CC5CC3CC(C(N)=O)(C5)C4)CCC2)cc1F. The lowest BCUT2D eigenvalue weighted by atomic mass is 9.47. The van der Waals surface area contributed by atoms with E-state index in [9.17, 15) is 22.4 Å². The molecule has 5 aliphatic rings. The van der Waals surface area contributed by atoms with E-state index in [0.29, 0.717) is 38.0 Å². The Balaban J connectivity index is 1.41. The van der Waals surface area contributed by atoms with E-state index >= 15 is 0 Å². The molecule has 1 aromatic rings. The number of carbonyl (C=O) groups excluding carboxylic acids is 2. The molecule has 5 fully saturated rings. The van der Waals surface area contributed by atoms with Crippen molar-refractivity contribution >= 4 is 28.4 Å². The maximum Gasteiger partial charge on any atom is 0.247 e. The van der Waals surface area contributed by atoms with Gasteiger partial charge in [0, 0.05) is 17.5 Å². The fourth-order valence-corrected chi connectivity index (χ4v) is 8.10. The van der Waals surface area contributed by atoms with Gasteiger partial charge in [0.1, 0.15) is 5.54 Å². The van der Waals surface area contributed by atoms with Gasteiger partial charge in [-0.05, 0) is 81.3 Å². The number of halogens is 1. The van der Waals surface area contributed by atoms with Crippen LogP contribution in [0.3, 0.4) is 0 Å². The predicted molar refractivity (Wildman–Crippen MR) is 119 cm³/mol. The molecule has 0 heterocycles. The highest BCUT2D eigenvalue weighted by molar-refractivity contribution is 7.74. The first kappa shape index (κ1) is 22.4. The number of hydrogen-bond donors (Lipinski definition) is 3. The lowest BCUT2D eigenvalue weighted by Gasteiger charge is -2.59. The van der Waals surface area contributed by atoms with Crippen LogP contribution >= 0.6 is 0 Å². The van der Waals surface area contributed by atoms with Gasteiger partial charge < -0.3 is 15.8 Å². The Morgan fingerprint density at radius 1 is 1.18 bits per heavy atom. The second-order valence-corrected chi connectivity index (χ2v) is 11.2. The molecule has 10 heteroatoms. The molecule has 2 atom stereocenters. The normalized spacial score (nSPS) is 33.4. The molecule has 3 N–H and O–H groups in total. The number of carbonyl (C=O) groups is 2. The number of methoxy groups -OCH3 is 1. The van der Waals surface area contributed by atoms with Crippen LogP contribution in [0.4, 0.5) is 10.1 Å². The van der Waals surface area contributed by atoms with Crippen molar-refractivity contribution in [1.29, 1.82) is 0 Å². The van der Waals surface area contributed by atoms with Gasteiger partial charge in [0.25, 0.3) is 0 Å². The van der Waals surface area contributed by atoms with Crippen LogP contribution in [-0.2, 0) is 20.5 Å². The molecule has 1 aromatic carbocycles. The molecule has 6 rings (SSSR count). The Bertz CT molecular complexity index is 1050. The third-order valence-electron chi connectivity index (χ3n) is 8.65. The minimum atomic E-state index is -3.19. The largest absolute Gasteiger partial charge is 0.494 e. The standard InChI is InChI=1S/C23H30FN3O5S/c1-32-18-4-3-16(9-17(18)24)27(33(30)31)23(5-2-6-23)21(29)26-19-14-7-13-8-15(19)12-22(10-13,11-14)20(25)28/h3-4,9,13-15,19,33H,2,5-8,10-12H2,1H3,(H2,25,28)(H,26,29). The summed E-state index contributed by atoms with van der Waals surface area (Å²) in [5.41, 5.74) is 4.14. The molecule has 180 valence electrons. The number of benzene rings is 1. The van der Waals surface area contributed by atoms with E-state index in [1.54, 1.807) is 0 Å². The third-order valence-corrected chi connectivity index (χ3v) is 9.59. The number of thiol groups is 1. The van der Waals surface area contributed by atoms with Crippen molar-refractivity contribution < 1.29 is 27.1 Å². The molecule has 4 bridgehead atoms. The third kappa shape index (κ3) is 3.40. The van der Waals surface area contributed by atoms with Crippen LogP contribution in [-0.4, -0.2) is 38.9 Å². The number of hydrogen-bond acceptors (Lipinski definition) is 5. The first-order valence-corrected chi connectivity index (χ1v) is 12.7. The molecule has 2 amide bonds. The fraction of sp³-hybridized carbons (Fsp3) is 0.652. The molecule has 0 spiro atoms. The highest BCUT2D eigenvalue weighted by Crippen LogP contribution is 2.60. The molecule has 5 saturated carbocycles. The van der Waals surface area contributed by atoms with E-state index in [4.69, 9.17) is 10.5 Å². The van der Waals surface area contributed by atoms with Crippen molar-refractivity contribution in [1.82, 2.24) is 5.32 Å². The number of nitrogens with two attached hydrogens (primary N) is 1. The van der Waals surface area contributed by atoms with Crippen LogP contribution in [0.15, 0.2) is 18.2 Å². The van der Waals surface area contributed by atoms with Gasteiger partial charge in [-0.1, -0.05) is 0 Å². The van der Waals surface area contributed by atoms with Crippen LogP contribution in [0, 0.1) is 29.0 Å². The second-order valence-electron chi connectivity index (χ2n) is 10.4. The van der Waals surface area contributed by atoms with Gasteiger partial charge in [-0.25, -0.2) is 12.8 Å². The first-order valence-electron chi connectivity index (χ1n) is 11.6. The van der Waals surface area contributed by atoms with Gasteiger partial charge in [-0.15, -0.1) is 0 Å². The predicted octanol–water partition coefficient (Wildman–Crippen LogP) is 1.89. The van der Waals surface area contributed by atoms with E-state index in [1.165, 1.54) is 19.2 Å². The minimum Gasteiger partial charge on any atom is -0.494 e. The van der Waals surface area contributed by atoms with E-state index in [0.717, 1.165) is 29.6 Å². The van der Waals surface area contributed by atoms with Crippen molar-refractivity contribution in [3.05, 3.63) is 24.0 Å². The Morgan fingerprint density at radius 3 is 2.33 bits per heavy atom. The van der Waals surface area contributed by atoms with Crippen molar-refractivity contribution in [3.63, 3.8) is 0 Å². The number of nitrogens with zero attached hydrogens (tertiary/aromatic N) is 1. The maximum atomic E-state index is 14.4. The number of ether oxygens (including phenoxy) is 1. The van der Waals surface area contributed by atoms with Gasteiger partial charge >= 0.3 is 0 Å². The number of primary amides is 1. The summed E-state index contributed by atoms with van der Waals surface area (Å²) in [7, 11) is -1.86. The summed E-state index contributed by atoms with van der Waals surface area (Å²) in [6, 6.07) is 3.82. The summed E-state index contributed by atoms with van der Waals surface area (Å²) in [5.74, 6) is -0.479. The van der Waals surface area contributed by atoms with Gasteiger partial charge in [0.05, 0.1) is 12.8 Å². The average Bonchev–Trinajstić information content (AvgIpc) is 2.72. The highest BCUT2D eigenvalue weighted by Gasteiger charge is 2.59. The van der Waals surface area contributed by atoms with Crippen molar-refractivity contribution in [3.8, 4) is 5.75 Å². The Morgan fingerprint density at radius 2 is 1.85 bits per heavy atom. The first-order chi connectivity index (χ1) is 15.7. The monoisotopic (exact) mass is 479 g/mol. The summed E-state index contributed by atoms with van der Waals surface area (Å²) in [6.45, 7) is 0. The fourth-order valence-electron chi connectivity index (χ4n) is 7.18. The minimum absolute atomic E-state index is 0.00362. The van der Waals surface area contributed by atoms with E-state index in [2.05, 4.69) is 5.32 Å². The van der Waals surface area contributed by atoms with Gasteiger partial charge in [-0.2, -0.15) is 0 Å². The van der Waals surface area contributed by atoms with Crippen LogP contribution in [0.2, 0.25) is 0 Å². The Kier molecular flexibility index (Phi) is 5.34. The van der Waals surface area contributed by atoms with E-state index in [-0.39, 0.29) is 41.1 Å². The number of anilines is 1. The van der Waals surface area contributed by atoms with Gasteiger partial charge in [-0.3, -0.25) is 13.9 Å². The molecule has 33 heavy (non-hydrogen) atoms. The van der Waals surface area contributed by atoms with E-state index in [1.807, 2.05) is 0 Å². The Hall–Kier alpha value is -2.36. The van der Waals surface area contributed by atoms with Gasteiger partial charge in [0.15, 0.2) is 11.6 Å². The summed E-state index contributed by atoms with van der Waals surface area (Å²) >= 11 is 0. The zero-order valence-electron chi connectivity index (χ0n) is 18.6. The lowest BCUT2D eigenvalue weighted by Crippen LogP contribution is -2.68. The summed E-state index contributed by atoms with van der Waals surface area (Å²) < 4.78 is 45.0. The van der Waals surface area contributed by atoms with Crippen LogP contribution < -0.4 is 20.1 Å². The number of amides is 2. The molecule has 0 aromatic heterocycles. The van der Waals surface area contributed by atoms with Crippen molar-refractivity contribution in [2.24, 2.45) is 28.9 Å². The molecule has 8 nitrogen and oxygen atoms in total. The summed E-state index contributed by atoms with van der Waals surface area (Å²) in [6.07, 6.45) is 5.54. The molecular weight excluding hydrogens is 449 g/mol. The van der Waals surface area contributed by atoms with E-state index < -0.39 is 27.7 Å². The maximum absolute atomic E-state index is 14.4. The number of rotatable bonds is 7. The number of nitrogens with one attached hydrogen (secondary N) is 1. The van der Waals surface area contributed by atoms with Crippen molar-refractivity contribution in [2.75, 3.05) is 11.4 Å². The molecule has 0 radical (unpaired) electrons. The van der Waals surface area contributed by atoms with Gasteiger partial charge in [0.2, 0.25) is 22.7 Å².